The van der Waals surface area contributed by atoms with E-state index in [0.29, 0.717) is 37.6 Å². The van der Waals surface area contributed by atoms with E-state index in [9.17, 15) is 4.79 Å². The van der Waals surface area contributed by atoms with Crippen LogP contribution in [0.4, 0.5) is 0 Å². The monoisotopic (exact) mass is 374 g/mol. The maximum atomic E-state index is 12.2. The van der Waals surface area contributed by atoms with Crippen LogP contribution >= 0.6 is 0 Å². The van der Waals surface area contributed by atoms with E-state index in [2.05, 4.69) is 32.6 Å². The number of aromatic nitrogens is 3. The molecule has 0 atom stereocenters. The third-order valence-corrected chi connectivity index (χ3v) is 4.71. The predicted molar refractivity (Wildman–Crippen MR) is 107 cm³/mol. The molecule has 0 aliphatic rings. The highest BCUT2D eigenvalue weighted by molar-refractivity contribution is 5.83. The largest absolute Gasteiger partial charge is 0.425 e. The van der Waals surface area contributed by atoms with Gasteiger partial charge in [-0.1, -0.05) is 42.5 Å². The van der Waals surface area contributed by atoms with Gasteiger partial charge in [0.25, 0.3) is 0 Å². The topological polar surface area (TPSA) is 83.8 Å². The molecular weight excluding hydrogens is 352 g/mol. The summed E-state index contributed by atoms with van der Waals surface area (Å²) < 4.78 is 5.66. The van der Waals surface area contributed by atoms with Crippen molar-refractivity contribution in [2.45, 2.75) is 32.2 Å². The summed E-state index contributed by atoms with van der Waals surface area (Å²) in [6.45, 7) is 0.500. The summed E-state index contributed by atoms with van der Waals surface area (Å²) in [6, 6.07) is 18.2. The Bertz CT molecular complexity index is 1050. The van der Waals surface area contributed by atoms with E-state index in [0.717, 1.165) is 22.9 Å². The Hall–Kier alpha value is -3.41. The van der Waals surface area contributed by atoms with E-state index in [4.69, 9.17) is 4.42 Å². The maximum absolute atomic E-state index is 12.2. The van der Waals surface area contributed by atoms with Gasteiger partial charge in [-0.15, -0.1) is 10.2 Å². The summed E-state index contributed by atoms with van der Waals surface area (Å²) in [6.07, 6.45) is 4.22. The maximum Gasteiger partial charge on any atom is 0.220 e. The minimum absolute atomic E-state index is 0.0309. The quantitative estimate of drug-likeness (QED) is 0.494. The normalized spacial score (nSPS) is 11.0. The highest BCUT2D eigenvalue weighted by Crippen LogP contribution is 2.17. The molecule has 0 radical (unpaired) electrons. The number of hydrogen-bond acceptors (Lipinski definition) is 4. The molecule has 142 valence electrons. The zero-order chi connectivity index (χ0) is 19.2. The van der Waals surface area contributed by atoms with Crippen LogP contribution in [0.15, 0.2) is 65.2 Å². The van der Waals surface area contributed by atoms with E-state index in [1.54, 1.807) is 0 Å². The third kappa shape index (κ3) is 4.46. The fourth-order valence-corrected chi connectivity index (χ4v) is 3.19. The smallest absolute Gasteiger partial charge is 0.220 e. The highest BCUT2D eigenvalue weighted by atomic mass is 16.4. The first-order valence-electron chi connectivity index (χ1n) is 9.45. The van der Waals surface area contributed by atoms with Crippen LogP contribution in [0.2, 0.25) is 0 Å². The lowest BCUT2D eigenvalue weighted by Gasteiger charge is -2.06. The van der Waals surface area contributed by atoms with Crippen molar-refractivity contribution in [2.75, 3.05) is 0 Å². The van der Waals surface area contributed by atoms with Crippen molar-refractivity contribution in [3.8, 4) is 0 Å². The molecule has 0 bridgehead atoms. The number of hydrogen-bond donors (Lipinski definition) is 2. The van der Waals surface area contributed by atoms with Gasteiger partial charge in [-0.05, 0) is 29.7 Å². The average Bonchev–Trinajstić information content (AvgIpc) is 3.39. The highest BCUT2D eigenvalue weighted by Gasteiger charge is 2.10. The number of carbonyl (C=O) groups excluding carboxylic acids is 1. The van der Waals surface area contributed by atoms with Crippen LogP contribution in [0, 0.1) is 0 Å². The minimum atomic E-state index is -0.0309. The lowest BCUT2D eigenvalue weighted by molar-refractivity contribution is -0.121. The Morgan fingerprint density at radius 2 is 1.75 bits per heavy atom. The van der Waals surface area contributed by atoms with E-state index < -0.39 is 0 Å². The van der Waals surface area contributed by atoms with Crippen LogP contribution < -0.4 is 5.32 Å². The van der Waals surface area contributed by atoms with Crippen LogP contribution in [-0.2, 0) is 30.6 Å². The molecule has 0 fully saturated rings. The van der Waals surface area contributed by atoms with Crippen molar-refractivity contribution in [1.82, 2.24) is 20.5 Å². The van der Waals surface area contributed by atoms with Gasteiger partial charge in [0.2, 0.25) is 17.7 Å². The molecule has 0 spiro atoms. The number of carbonyl (C=O) groups is 1. The number of rotatable bonds is 8. The number of nitrogens with one attached hydrogen (secondary N) is 2. The van der Waals surface area contributed by atoms with Crippen molar-refractivity contribution in [3.63, 3.8) is 0 Å². The first-order valence-corrected chi connectivity index (χ1v) is 9.45. The predicted octanol–water partition coefficient (Wildman–Crippen LogP) is 3.59. The standard InChI is InChI=1S/C22H22N4O2/c27-20(24-15-17-7-4-8-19-18(17)13-14-23-19)10-12-22-26-25-21(28-22)11-9-16-5-2-1-3-6-16/h1-8,13-14,23H,9-12,15H2,(H,24,27). The number of nitrogens with zero attached hydrogens (tertiary/aromatic N) is 2. The number of aryl methyl sites for hydroxylation is 3. The molecule has 0 aliphatic carbocycles. The third-order valence-electron chi connectivity index (χ3n) is 4.71. The molecule has 6 heteroatoms. The number of benzene rings is 2. The summed E-state index contributed by atoms with van der Waals surface area (Å²) in [5.74, 6) is 1.08. The molecule has 6 nitrogen and oxygen atoms in total. The van der Waals surface area contributed by atoms with Crippen LogP contribution in [0.5, 0.6) is 0 Å². The summed E-state index contributed by atoms with van der Waals surface area (Å²) in [5, 5.41) is 12.2. The average molecular weight is 374 g/mol. The van der Waals surface area contributed by atoms with E-state index in [-0.39, 0.29) is 5.91 Å². The number of amides is 1. The molecule has 2 N–H and O–H groups in total. The van der Waals surface area contributed by atoms with Crippen LogP contribution in [0.25, 0.3) is 10.9 Å². The van der Waals surface area contributed by atoms with Crippen molar-refractivity contribution in [1.29, 1.82) is 0 Å². The molecule has 2 aromatic carbocycles. The molecule has 4 aromatic rings. The lowest BCUT2D eigenvalue weighted by atomic mass is 10.1. The molecule has 2 aromatic heterocycles. The molecule has 4 rings (SSSR count). The van der Waals surface area contributed by atoms with Gasteiger partial charge in [-0.2, -0.15) is 0 Å². The second-order valence-electron chi connectivity index (χ2n) is 6.71. The number of fused-ring (bicyclic) bond motifs is 1. The van der Waals surface area contributed by atoms with Gasteiger partial charge in [0.05, 0.1) is 0 Å². The summed E-state index contributed by atoms with van der Waals surface area (Å²) in [4.78, 5) is 15.3. The molecule has 2 heterocycles. The molecule has 0 saturated carbocycles. The fourth-order valence-electron chi connectivity index (χ4n) is 3.19. The van der Waals surface area contributed by atoms with Crippen molar-refractivity contribution in [2.24, 2.45) is 0 Å². The SMILES string of the molecule is O=C(CCc1nnc(CCc2ccccc2)o1)NCc1cccc2[nH]ccc12. The van der Waals surface area contributed by atoms with Gasteiger partial charge in [-0.3, -0.25) is 4.79 Å². The van der Waals surface area contributed by atoms with E-state index in [1.807, 2.05) is 48.7 Å². The Balaban J connectivity index is 1.24. The Kier molecular flexibility index (Phi) is 5.47. The molecule has 28 heavy (non-hydrogen) atoms. The van der Waals surface area contributed by atoms with Gasteiger partial charge < -0.3 is 14.7 Å². The van der Waals surface area contributed by atoms with Gasteiger partial charge in [0, 0.05) is 42.9 Å². The Morgan fingerprint density at radius 3 is 2.61 bits per heavy atom. The van der Waals surface area contributed by atoms with Gasteiger partial charge in [0.15, 0.2) is 0 Å². The lowest BCUT2D eigenvalue weighted by Crippen LogP contribution is -2.23. The first-order chi connectivity index (χ1) is 13.8. The number of H-pyrrole nitrogens is 1. The minimum Gasteiger partial charge on any atom is -0.425 e. The molecular formula is C22H22N4O2. The van der Waals surface area contributed by atoms with E-state index >= 15 is 0 Å². The summed E-state index contributed by atoms with van der Waals surface area (Å²) >= 11 is 0. The zero-order valence-electron chi connectivity index (χ0n) is 15.5. The Labute approximate surface area is 163 Å². The van der Waals surface area contributed by atoms with E-state index in [1.165, 1.54) is 5.56 Å². The first kappa shape index (κ1) is 18.0. The van der Waals surface area contributed by atoms with Crippen molar-refractivity contribution >= 4 is 16.8 Å². The molecule has 0 saturated heterocycles. The summed E-state index contributed by atoms with van der Waals surface area (Å²) in [7, 11) is 0. The van der Waals surface area contributed by atoms with Gasteiger partial charge in [0.1, 0.15) is 0 Å². The van der Waals surface area contributed by atoms with Crippen LogP contribution in [0.1, 0.15) is 29.3 Å². The number of aromatic amines is 1. The second kappa shape index (κ2) is 8.52. The van der Waals surface area contributed by atoms with Crippen molar-refractivity contribution < 1.29 is 9.21 Å². The zero-order valence-corrected chi connectivity index (χ0v) is 15.5. The fraction of sp³-hybridized carbons (Fsp3) is 0.227. The van der Waals surface area contributed by atoms with Crippen LogP contribution in [0.3, 0.4) is 0 Å². The molecule has 0 aliphatic heterocycles. The van der Waals surface area contributed by atoms with Gasteiger partial charge in [-0.25, -0.2) is 0 Å². The Morgan fingerprint density at radius 1 is 0.929 bits per heavy atom. The van der Waals surface area contributed by atoms with Crippen molar-refractivity contribution in [3.05, 3.63) is 83.7 Å². The second-order valence-corrected chi connectivity index (χ2v) is 6.71. The van der Waals surface area contributed by atoms with Gasteiger partial charge >= 0.3 is 0 Å². The summed E-state index contributed by atoms with van der Waals surface area (Å²) in [5.41, 5.74) is 3.40. The van der Waals surface area contributed by atoms with Crippen LogP contribution in [-0.4, -0.2) is 21.1 Å². The molecule has 0 unspecified atom stereocenters. The molecule has 1 amide bonds.